The van der Waals surface area contributed by atoms with Gasteiger partial charge in [0.25, 0.3) is 0 Å². The molecule has 0 amide bonds. The normalized spacial score (nSPS) is 35.3. The van der Waals surface area contributed by atoms with Crippen molar-refractivity contribution in [1.82, 2.24) is 0 Å². The van der Waals surface area contributed by atoms with Crippen molar-refractivity contribution in [1.29, 1.82) is 0 Å². The molecule has 1 aliphatic heterocycles. The van der Waals surface area contributed by atoms with Gasteiger partial charge in [-0.05, 0) is 38.0 Å². The van der Waals surface area contributed by atoms with Gasteiger partial charge in [-0.2, -0.15) is 43.5 Å². The van der Waals surface area contributed by atoms with Crippen LogP contribution in [0, 0.1) is 23.2 Å². The number of hydrogen-bond donors (Lipinski definition) is 1. The quantitative estimate of drug-likeness (QED) is 0.190. The van der Waals surface area contributed by atoms with Crippen molar-refractivity contribution in [3.8, 4) is 0 Å². The van der Waals surface area contributed by atoms with Crippen LogP contribution in [0.5, 0.6) is 0 Å². The largest absolute Gasteiger partial charge is 0.490 e. The second-order valence-corrected chi connectivity index (χ2v) is 12.2. The maximum Gasteiger partial charge on any atom is 0.490 e. The molecule has 41 heavy (non-hydrogen) atoms. The Kier molecular flexibility index (Phi) is 7.61. The van der Waals surface area contributed by atoms with Gasteiger partial charge < -0.3 is 23.7 Å². The van der Waals surface area contributed by atoms with E-state index in [1.54, 1.807) is 0 Å². The molecule has 234 valence electrons. The highest BCUT2D eigenvalue weighted by molar-refractivity contribution is 7.87. The maximum atomic E-state index is 13.9. The fourth-order valence-electron chi connectivity index (χ4n) is 6.24. The van der Waals surface area contributed by atoms with Crippen LogP contribution >= 0.6 is 0 Å². The number of alkyl halides is 8. The maximum absolute atomic E-state index is 13.9. The van der Waals surface area contributed by atoms with Crippen LogP contribution in [0.4, 0.5) is 35.1 Å². The molecule has 1 spiro atoms. The molecule has 5 fully saturated rings. The number of rotatable bonds is 7. The third-order valence-corrected chi connectivity index (χ3v) is 8.62. The Hall–Kier alpha value is -2.32. The van der Waals surface area contributed by atoms with Crippen molar-refractivity contribution in [2.45, 2.75) is 61.1 Å². The van der Waals surface area contributed by atoms with Gasteiger partial charge >= 0.3 is 45.6 Å². The summed E-state index contributed by atoms with van der Waals surface area (Å²) >= 11 is 0. The Morgan fingerprint density at radius 3 is 1.85 bits per heavy atom. The number of esters is 3. The molecule has 5 aliphatic rings. The molecule has 1 N–H and O–H groups in total. The van der Waals surface area contributed by atoms with Crippen molar-refractivity contribution in [3.05, 3.63) is 0 Å². The molecule has 4 saturated carbocycles. The summed E-state index contributed by atoms with van der Waals surface area (Å²) < 4.78 is 159. The lowest BCUT2D eigenvalue weighted by Crippen LogP contribution is -2.70. The molecule has 11 nitrogen and oxygen atoms in total. The summed E-state index contributed by atoms with van der Waals surface area (Å²) in [6.07, 6.45) is -10.3. The van der Waals surface area contributed by atoms with E-state index in [1.807, 2.05) is 0 Å². The Balaban J connectivity index is 1.52. The number of carbonyl (C=O) groups excluding carboxylic acids is 3. The van der Waals surface area contributed by atoms with Gasteiger partial charge in [0, 0.05) is 11.8 Å². The first-order chi connectivity index (χ1) is 18.5. The molecule has 1 saturated heterocycles. The van der Waals surface area contributed by atoms with Crippen LogP contribution in [0.15, 0.2) is 0 Å². The number of halogens is 8. The van der Waals surface area contributed by atoms with Crippen LogP contribution in [0.3, 0.4) is 0 Å². The summed E-state index contributed by atoms with van der Waals surface area (Å²) in [4.78, 5) is 35.9. The van der Waals surface area contributed by atoms with Crippen molar-refractivity contribution >= 4 is 28.0 Å². The molecular weight excluding hydrogens is 612 g/mol. The third kappa shape index (κ3) is 5.83. The van der Waals surface area contributed by atoms with Crippen LogP contribution in [-0.4, -0.2) is 86.3 Å². The molecule has 20 heteroatoms. The first-order valence-electron chi connectivity index (χ1n) is 11.9. The number of hydrogen-bond acceptors (Lipinski definition) is 10. The highest BCUT2D eigenvalue weighted by Gasteiger charge is 2.69. The summed E-state index contributed by atoms with van der Waals surface area (Å²) in [5.41, 5.74) is -4.05. The Morgan fingerprint density at radius 2 is 1.39 bits per heavy atom. The predicted molar refractivity (Wildman–Crippen MR) is 110 cm³/mol. The predicted octanol–water partition coefficient (Wildman–Crippen LogP) is 2.53. The molecule has 4 bridgehead atoms. The summed E-state index contributed by atoms with van der Waals surface area (Å²) in [5.74, 6) is -10.4. The van der Waals surface area contributed by atoms with E-state index in [4.69, 9.17) is 18.8 Å². The minimum absolute atomic E-state index is 0.0600. The second-order valence-electron chi connectivity index (χ2n) is 10.8. The number of ether oxygens (including phenoxy) is 5. The van der Waals surface area contributed by atoms with Gasteiger partial charge in [-0.1, -0.05) is 0 Å². The van der Waals surface area contributed by atoms with E-state index >= 15 is 0 Å². The van der Waals surface area contributed by atoms with Gasteiger partial charge in [-0.15, -0.1) is 0 Å². The minimum Gasteiger partial charge on any atom is -0.458 e. The van der Waals surface area contributed by atoms with E-state index in [9.17, 15) is 57.9 Å². The van der Waals surface area contributed by atoms with E-state index in [0.29, 0.717) is 12.8 Å². The van der Waals surface area contributed by atoms with Crippen LogP contribution in [0.2, 0.25) is 0 Å². The van der Waals surface area contributed by atoms with Gasteiger partial charge in [-0.3, -0.25) is 9.35 Å². The lowest BCUT2D eigenvalue weighted by atomic mass is 9.51. The lowest BCUT2D eigenvalue weighted by Gasteiger charge is -2.64. The molecule has 4 aliphatic carbocycles. The fourth-order valence-corrected chi connectivity index (χ4v) is 6.50. The van der Waals surface area contributed by atoms with Crippen LogP contribution in [0.1, 0.15) is 32.1 Å². The average molecular weight is 634 g/mol. The molecule has 5 rings (SSSR count). The zero-order valence-electron chi connectivity index (χ0n) is 20.6. The van der Waals surface area contributed by atoms with E-state index in [0.717, 1.165) is 0 Å². The summed E-state index contributed by atoms with van der Waals surface area (Å²) in [5, 5.41) is -5.25. The van der Waals surface area contributed by atoms with E-state index in [-0.39, 0.29) is 25.2 Å². The topological polar surface area (TPSA) is 152 Å². The minimum atomic E-state index is -6.15. The molecular formula is C21H22F8O11S. The van der Waals surface area contributed by atoms with Crippen molar-refractivity contribution in [2.75, 3.05) is 26.4 Å². The highest BCUT2D eigenvalue weighted by atomic mass is 32.2. The lowest BCUT2D eigenvalue weighted by molar-refractivity contribution is -0.392. The van der Waals surface area contributed by atoms with Crippen LogP contribution in [-0.2, 0) is 48.2 Å². The Labute approximate surface area is 225 Å². The summed E-state index contributed by atoms with van der Waals surface area (Å²) in [6, 6.07) is 0. The molecule has 1 heterocycles. The van der Waals surface area contributed by atoms with Gasteiger partial charge in [0.2, 0.25) is 0 Å². The van der Waals surface area contributed by atoms with Crippen molar-refractivity contribution < 1.29 is 86.2 Å². The van der Waals surface area contributed by atoms with Crippen LogP contribution in [0.25, 0.3) is 0 Å². The monoisotopic (exact) mass is 634 g/mol. The SMILES string of the molecule is O=C(OCC1(C(=O)OCC(F)(F)F)COC2(OC1)C1CC3CC2CC(OC(=O)C(F)(F)S(=O)(=O)O)(C3)C1)C(F)(F)F. The Morgan fingerprint density at radius 1 is 0.854 bits per heavy atom. The molecule has 0 aromatic heterocycles. The van der Waals surface area contributed by atoms with E-state index in [2.05, 4.69) is 9.47 Å². The van der Waals surface area contributed by atoms with Gasteiger partial charge in [0.05, 0.1) is 13.2 Å². The van der Waals surface area contributed by atoms with Crippen molar-refractivity contribution in [3.63, 3.8) is 0 Å². The van der Waals surface area contributed by atoms with E-state index in [1.165, 1.54) is 0 Å². The average Bonchev–Trinajstić information content (AvgIpc) is 2.82. The second kappa shape index (κ2) is 9.87. The smallest absolute Gasteiger partial charge is 0.458 e. The molecule has 0 radical (unpaired) electrons. The standard InChI is InChI=1S/C21H22F8O11S/c22-18(23,24)9-37-13(30)16(6-36-14(31)20(25,26)27)7-38-19(39-8-16)11-1-10-2-12(19)5-17(3-10,4-11)40-15(32)21(28,29)41(33,34)35/h10-12H,1-9H2,(H,33,34,35). The highest BCUT2D eigenvalue weighted by Crippen LogP contribution is 2.64. The Bertz CT molecular complexity index is 1170. The fraction of sp³-hybridized carbons (Fsp3) is 0.857. The van der Waals surface area contributed by atoms with Gasteiger partial charge in [-0.25, -0.2) is 9.59 Å². The number of carbonyl (C=O) groups is 3. The van der Waals surface area contributed by atoms with Gasteiger partial charge in [0.1, 0.15) is 17.6 Å². The van der Waals surface area contributed by atoms with Crippen LogP contribution < -0.4 is 0 Å². The van der Waals surface area contributed by atoms with Crippen molar-refractivity contribution in [2.24, 2.45) is 23.2 Å². The molecule has 2 atom stereocenters. The zero-order chi connectivity index (χ0) is 30.9. The zero-order valence-corrected chi connectivity index (χ0v) is 21.4. The molecule has 0 aromatic carbocycles. The molecule has 2 unspecified atom stereocenters. The van der Waals surface area contributed by atoms with Gasteiger partial charge in [0.15, 0.2) is 12.4 Å². The van der Waals surface area contributed by atoms with E-state index < -0.39 is 101 Å². The third-order valence-electron chi connectivity index (χ3n) is 7.80. The first kappa shape index (κ1) is 31.6. The summed E-state index contributed by atoms with van der Waals surface area (Å²) in [6.45, 7) is -5.36. The molecule has 0 aromatic rings. The first-order valence-corrected chi connectivity index (χ1v) is 13.3. The summed E-state index contributed by atoms with van der Waals surface area (Å²) in [7, 11) is -6.15.